The summed E-state index contributed by atoms with van der Waals surface area (Å²) in [5.74, 6) is 1.32. The molecular weight excluding hydrogens is 1030 g/mol. The average molecular weight is 1070 g/mol. The molecule has 14 rings (SSSR count). The number of nitrogens with zero attached hydrogens (tertiary/aromatic N) is 12. The fraction of sp³-hybridized carbons (Fsp3) is 0. The predicted molar refractivity (Wildman–Crippen MR) is 299 cm³/mol. The second kappa shape index (κ2) is 17.9. The molecule has 14 aromatic rings. The van der Waals surface area contributed by atoms with Gasteiger partial charge >= 0.3 is 11.4 Å². The number of halogens is 1. The molecule has 6 heterocycles. The van der Waals surface area contributed by atoms with E-state index in [1.165, 1.54) is 9.13 Å². The molecular formula is C60H33BrN12O4. The van der Waals surface area contributed by atoms with E-state index in [1.807, 2.05) is 140 Å². The van der Waals surface area contributed by atoms with Crippen molar-refractivity contribution in [3.8, 4) is 68.6 Å². The van der Waals surface area contributed by atoms with E-state index in [0.29, 0.717) is 71.3 Å². The van der Waals surface area contributed by atoms with Crippen LogP contribution in [0.1, 0.15) is 0 Å². The number of para-hydroxylation sites is 2. The first-order valence-electron chi connectivity index (χ1n) is 24.2. The van der Waals surface area contributed by atoms with E-state index in [9.17, 15) is 19.2 Å². The molecule has 0 spiro atoms. The van der Waals surface area contributed by atoms with Gasteiger partial charge in [-0.05, 0) is 65.7 Å². The Hall–Kier alpha value is -10.5. The summed E-state index contributed by atoms with van der Waals surface area (Å²) in [4.78, 5) is 97.3. The largest absolute Gasteiger partial charge is 0.344 e. The van der Waals surface area contributed by atoms with Crippen LogP contribution < -0.4 is 22.5 Å². The molecule has 0 atom stereocenters. The van der Waals surface area contributed by atoms with Crippen LogP contribution in [0.5, 0.6) is 0 Å². The highest BCUT2D eigenvalue weighted by atomic mass is 79.9. The minimum atomic E-state index is -0.701. The fourth-order valence-corrected chi connectivity index (χ4v) is 10.1. The molecule has 0 aliphatic heterocycles. The number of hydrogen-bond acceptors (Lipinski definition) is 12. The zero-order valence-electron chi connectivity index (χ0n) is 39.9. The average Bonchev–Trinajstić information content (AvgIpc) is 3.61. The Morgan fingerprint density at radius 3 is 1.29 bits per heavy atom. The quantitative estimate of drug-likeness (QED) is 0.109. The third kappa shape index (κ3) is 7.51. The Labute approximate surface area is 441 Å². The lowest BCUT2D eigenvalue weighted by molar-refractivity contribution is 0.827. The standard InChI is InChI=1S/C60H33BrN12O4/c61-40-29-31-48-44(33-40)54-63-46-32-39(28-30-42(46)56(75)73(54)60(77)71(48)58-67-49(35-14-4-1-5-15-35)64-50(68-58)36-16-6-2-7-17-36)34-24-26-38(27-25-34)52-65-51(37-18-8-3-9-19-37)66-57(69-52)70-47-23-13-11-21-43(47)53-62-45-22-12-10-20-41(45)55(74)72(53)59(70)76/h1-33H. The van der Waals surface area contributed by atoms with Crippen molar-refractivity contribution in [1.82, 2.24) is 57.8 Å². The van der Waals surface area contributed by atoms with Crippen molar-refractivity contribution in [2.45, 2.75) is 0 Å². The molecule has 0 aliphatic rings. The summed E-state index contributed by atoms with van der Waals surface area (Å²) in [5.41, 5.74) is 3.89. The summed E-state index contributed by atoms with van der Waals surface area (Å²) in [7, 11) is 0. The van der Waals surface area contributed by atoms with Crippen molar-refractivity contribution in [3.63, 3.8) is 0 Å². The first kappa shape index (κ1) is 45.1. The van der Waals surface area contributed by atoms with E-state index in [1.54, 1.807) is 60.7 Å². The van der Waals surface area contributed by atoms with Crippen molar-refractivity contribution in [2.75, 3.05) is 0 Å². The Balaban J connectivity index is 0.895. The molecule has 17 heteroatoms. The Morgan fingerprint density at radius 1 is 0.312 bits per heavy atom. The maximum Gasteiger partial charge on any atom is 0.344 e. The van der Waals surface area contributed by atoms with Gasteiger partial charge in [0.25, 0.3) is 11.1 Å². The molecule has 8 aromatic carbocycles. The van der Waals surface area contributed by atoms with Crippen LogP contribution in [0.4, 0.5) is 0 Å². The SMILES string of the molecule is O=c1c2ccccc2nc2c3ccccc3n(-c3nc(-c4ccccc4)nc(-c4ccc(-c5ccc6c(=O)n7c(=O)n(-c8nc(-c9ccccc9)nc(-c9ccccc9)n8)c8ccc(Br)cc8c7nc6c5)cc4)n3)c(=O)n12. The van der Waals surface area contributed by atoms with Gasteiger partial charge in [0.2, 0.25) is 11.9 Å². The zero-order chi connectivity index (χ0) is 51.9. The summed E-state index contributed by atoms with van der Waals surface area (Å²) >= 11 is 3.61. The monoisotopic (exact) mass is 1060 g/mol. The summed E-state index contributed by atoms with van der Waals surface area (Å²) in [6.45, 7) is 0. The molecule has 0 radical (unpaired) electrons. The number of fused-ring (bicyclic) bond motifs is 8. The predicted octanol–water partition coefficient (Wildman–Crippen LogP) is 10.1. The number of hydrogen-bond donors (Lipinski definition) is 0. The molecule has 0 N–H and O–H groups in total. The molecule has 0 unspecified atom stereocenters. The van der Waals surface area contributed by atoms with Crippen molar-refractivity contribution in [1.29, 1.82) is 0 Å². The third-order valence-electron chi connectivity index (χ3n) is 13.5. The minimum Gasteiger partial charge on any atom is -0.268 e. The molecule has 0 saturated carbocycles. The highest BCUT2D eigenvalue weighted by Crippen LogP contribution is 2.31. The highest BCUT2D eigenvalue weighted by molar-refractivity contribution is 9.10. The van der Waals surface area contributed by atoms with Crippen molar-refractivity contribution < 1.29 is 0 Å². The van der Waals surface area contributed by atoms with Gasteiger partial charge in [-0.15, -0.1) is 0 Å². The first-order chi connectivity index (χ1) is 37.7. The van der Waals surface area contributed by atoms with Crippen molar-refractivity contribution in [2.24, 2.45) is 0 Å². The summed E-state index contributed by atoms with van der Waals surface area (Å²) in [5, 5.41) is 1.57. The second-order valence-corrected chi connectivity index (χ2v) is 19.0. The van der Waals surface area contributed by atoms with Gasteiger partial charge in [-0.1, -0.05) is 162 Å². The maximum absolute atomic E-state index is 14.9. The molecule has 0 saturated heterocycles. The fourth-order valence-electron chi connectivity index (χ4n) is 9.77. The van der Waals surface area contributed by atoms with Crippen LogP contribution in [0.2, 0.25) is 0 Å². The van der Waals surface area contributed by atoms with Crippen LogP contribution >= 0.6 is 15.9 Å². The first-order valence-corrected chi connectivity index (χ1v) is 25.0. The summed E-state index contributed by atoms with van der Waals surface area (Å²) in [6.07, 6.45) is 0. The van der Waals surface area contributed by atoms with Crippen LogP contribution in [-0.4, -0.2) is 57.8 Å². The van der Waals surface area contributed by atoms with Gasteiger partial charge in [-0.2, -0.15) is 19.9 Å². The summed E-state index contributed by atoms with van der Waals surface area (Å²) in [6, 6.07) is 60.5. The number of aromatic nitrogens is 12. The Bertz CT molecular complexity index is 4980. The van der Waals surface area contributed by atoms with E-state index in [0.717, 1.165) is 31.1 Å². The molecule has 364 valence electrons. The van der Waals surface area contributed by atoms with Crippen molar-refractivity contribution in [3.05, 3.63) is 246 Å². The smallest absolute Gasteiger partial charge is 0.268 e. The Morgan fingerprint density at radius 2 is 0.727 bits per heavy atom. The van der Waals surface area contributed by atoms with Gasteiger partial charge in [0.15, 0.2) is 34.6 Å². The molecule has 77 heavy (non-hydrogen) atoms. The molecule has 0 aliphatic carbocycles. The van der Waals surface area contributed by atoms with E-state index < -0.39 is 22.5 Å². The summed E-state index contributed by atoms with van der Waals surface area (Å²) < 4.78 is 5.50. The van der Waals surface area contributed by atoms with Gasteiger partial charge in [-0.3, -0.25) is 9.59 Å². The van der Waals surface area contributed by atoms with E-state index >= 15 is 0 Å². The lowest BCUT2D eigenvalue weighted by atomic mass is 10.0. The van der Waals surface area contributed by atoms with Crippen LogP contribution in [0.15, 0.2) is 224 Å². The van der Waals surface area contributed by atoms with E-state index in [4.69, 9.17) is 39.9 Å². The van der Waals surface area contributed by atoms with Gasteiger partial charge in [0.05, 0.1) is 32.8 Å². The van der Waals surface area contributed by atoms with Crippen LogP contribution in [0.25, 0.3) is 123 Å². The van der Waals surface area contributed by atoms with Gasteiger partial charge in [0, 0.05) is 37.5 Å². The molecule has 0 fully saturated rings. The molecule has 16 nitrogen and oxygen atoms in total. The number of benzene rings is 8. The van der Waals surface area contributed by atoms with Crippen LogP contribution in [0, 0.1) is 0 Å². The molecule has 0 amide bonds. The lowest BCUT2D eigenvalue weighted by Gasteiger charge is -2.15. The zero-order valence-corrected chi connectivity index (χ0v) is 41.5. The highest BCUT2D eigenvalue weighted by Gasteiger charge is 2.23. The van der Waals surface area contributed by atoms with Crippen molar-refractivity contribution >= 4 is 70.8 Å². The molecule has 6 aromatic heterocycles. The van der Waals surface area contributed by atoms with Crippen LogP contribution in [0.3, 0.4) is 0 Å². The normalized spacial score (nSPS) is 11.6. The van der Waals surface area contributed by atoms with Gasteiger partial charge in [-0.25, -0.2) is 47.5 Å². The van der Waals surface area contributed by atoms with Crippen LogP contribution in [-0.2, 0) is 0 Å². The van der Waals surface area contributed by atoms with E-state index in [2.05, 4.69) is 15.9 Å². The van der Waals surface area contributed by atoms with Gasteiger partial charge in [0.1, 0.15) is 0 Å². The topological polar surface area (TPSA) is 190 Å². The molecule has 0 bridgehead atoms. The third-order valence-corrected chi connectivity index (χ3v) is 13.9. The van der Waals surface area contributed by atoms with Gasteiger partial charge < -0.3 is 0 Å². The second-order valence-electron chi connectivity index (χ2n) is 18.1. The number of rotatable bonds is 7. The van der Waals surface area contributed by atoms with E-state index in [-0.39, 0.29) is 34.4 Å². The Kier molecular flexibility index (Phi) is 10.5. The minimum absolute atomic E-state index is 0.00804. The lowest BCUT2D eigenvalue weighted by Crippen LogP contribution is -2.35. The maximum atomic E-state index is 14.9.